The minimum atomic E-state index is -0.420. The van der Waals surface area contributed by atoms with Gasteiger partial charge in [0.05, 0.1) is 5.69 Å². The molecule has 0 aromatic heterocycles. The maximum Gasteiger partial charge on any atom is 0.325 e. The number of urea groups is 1. The molecule has 0 radical (unpaired) electrons. The number of fused-ring (bicyclic) bond motifs is 3. The Balaban J connectivity index is 1.69. The van der Waals surface area contributed by atoms with Gasteiger partial charge in [-0.15, -0.1) is 0 Å². The van der Waals surface area contributed by atoms with Gasteiger partial charge in [-0.25, -0.2) is 4.79 Å². The van der Waals surface area contributed by atoms with E-state index in [9.17, 15) is 14.7 Å². The number of likely N-dealkylation sites (N-methyl/N-ethyl adjacent to an activating group) is 1. The average Bonchev–Trinajstić information content (AvgIpc) is 2.93. The number of amides is 3. The van der Waals surface area contributed by atoms with Gasteiger partial charge in [0.1, 0.15) is 24.2 Å². The molecular weight excluding hydrogens is 298 g/mol. The molecule has 3 fully saturated rings. The number of carbonyl (C=O) groups is 2. The number of hydrogen-bond donors (Lipinski definition) is 3. The molecule has 0 aliphatic carbocycles. The normalized spacial score (nSPS) is 30.9. The van der Waals surface area contributed by atoms with Crippen molar-refractivity contribution in [2.45, 2.75) is 24.9 Å². The van der Waals surface area contributed by atoms with Crippen molar-refractivity contribution < 1.29 is 14.7 Å². The molecule has 0 saturated carbocycles. The number of imide groups is 1. The number of hydrogen-bond acceptors (Lipinski definition) is 6. The number of benzene rings is 1. The first-order valence-electron chi connectivity index (χ1n) is 7.72. The summed E-state index contributed by atoms with van der Waals surface area (Å²) in [6.07, 6.45) is 0.277. The highest BCUT2D eigenvalue weighted by Gasteiger charge is 2.53. The first-order chi connectivity index (χ1) is 11.1. The topological polar surface area (TPSA) is 88.2 Å². The molecule has 3 unspecified atom stereocenters. The average molecular weight is 317 g/mol. The monoisotopic (exact) mass is 317 g/mol. The van der Waals surface area contributed by atoms with E-state index in [1.54, 1.807) is 19.2 Å². The fraction of sp³-hybridized carbons (Fsp3) is 0.467. The number of rotatable bonds is 1. The Hall–Kier alpha value is -2.32. The lowest BCUT2D eigenvalue weighted by molar-refractivity contribution is -0.128. The van der Waals surface area contributed by atoms with E-state index in [0.717, 1.165) is 25.2 Å². The Labute approximate surface area is 133 Å². The molecular formula is C15H19N5O3. The van der Waals surface area contributed by atoms with Crippen molar-refractivity contribution in [3.05, 3.63) is 24.3 Å². The molecule has 8 heteroatoms. The molecule has 3 amide bonds. The van der Waals surface area contributed by atoms with E-state index in [-0.39, 0.29) is 24.1 Å². The van der Waals surface area contributed by atoms with Gasteiger partial charge in [-0.3, -0.25) is 20.3 Å². The van der Waals surface area contributed by atoms with E-state index in [2.05, 4.69) is 15.5 Å². The molecule has 3 saturated heterocycles. The number of phenols is 1. The van der Waals surface area contributed by atoms with E-state index in [1.807, 2.05) is 17.0 Å². The third-order valence-corrected chi connectivity index (χ3v) is 4.83. The minimum absolute atomic E-state index is 0.208. The molecule has 3 aliphatic heterocycles. The maximum atomic E-state index is 12.3. The number of nitrogens with one attached hydrogen (secondary N) is 2. The molecule has 8 nitrogen and oxygen atoms in total. The summed E-state index contributed by atoms with van der Waals surface area (Å²) in [5.41, 5.74) is 0.725. The Morgan fingerprint density at radius 3 is 2.78 bits per heavy atom. The molecule has 3 atom stereocenters. The molecule has 4 rings (SSSR count). The Kier molecular flexibility index (Phi) is 3.17. The van der Waals surface area contributed by atoms with Gasteiger partial charge in [-0.2, -0.15) is 0 Å². The van der Waals surface area contributed by atoms with Crippen molar-refractivity contribution >= 4 is 17.6 Å². The van der Waals surface area contributed by atoms with Crippen LogP contribution >= 0.6 is 0 Å². The molecule has 3 heterocycles. The highest BCUT2D eigenvalue weighted by molar-refractivity contribution is 6.00. The van der Waals surface area contributed by atoms with E-state index in [1.165, 1.54) is 4.90 Å². The highest BCUT2D eigenvalue weighted by atomic mass is 16.3. The van der Waals surface area contributed by atoms with Gasteiger partial charge in [0.15, 0.2) is 0 Å². The molecule has 1 aromatic rings. The molecule has 0 bridgehead atoms. The first-order valence-corrected chi connectivity index (χ1v) is 7.72. The summed E-state index contributed by atoms with van der Waals surface area (Å²) >= 11 is 0. The Morgan fingerprint density at radius 1 is 1.22 bits per heavy atom. The van der Waals surface area contributed by atoms with Crippen molar-refractivity contribution in [3.63, 3.8) is 0 Å². The SMILES string of the molecule is CN1C(=O)NC(=O)C2C1NC1N(c3ccccc3O)CCCN21. The van der Waals surface area contributed by atoms with E-state index in [0.29, 0.717) is 0 Å². The van der Waals surface area contributed by atoms with Crippen LogP contribution in [0.3, 0.4) is 0 Å². The van der Waals surface area contributed by atoms with Crippen LogP contribution in [-0.2, 0) is 4.79 Å². The fourth-order valence-electron chi connectivity index (χ4n) is 3.72. The third kappa shape index (κ3) is 2.06. The zero-order valence-electron chi connectivity index (χ0n) is 12.8. The van der Waals surface area contributed by atoms with Crippen molar-refractivity contribution in [2.24, 2.45) is 0 Å². The summed E-state index contributed by atoms with van der Waals surface area (Å²) in [6, 6.07) is 6.35. The summed E-state index contributed by atoms with van der Waals surface area (Å²) in [5, 5.41) is 15.9. The van der Waals surface area contributed by atoms with Gasteiger partial charge in [-0.05, 0) is 18.6 Å². The van der Waals surface area contributed by atoms with E-state index in [4.69, 9.17) is 0 Å². The predicted molar refractivity (Wildman–Crippen MR) is 82.6 cm³/mol. The van der Waals surface area contributed by atoms with E-state index < -0.39 is 12.1 Å². The number of nitrogens with zero attached hydrogens (tertiary/aromatic N) is 3. The fourth-order valence-corrected chi connectivity index (χ4v) is 3.72. The second-order valence-corrected chi connectivity index (χ2v) is 6.11. The number of aromatic hydroxyl groups is 1. The van der Waals surface area contributed by atoms with Gasteiger partial charge >= 0.3 is 6.03 Å². The number of carbonyl (C=O) groups excluding carboxylic acids is 2. The number of para-hydroxylation sites is 2. The highest BCUT2D eigenvalue weighted by Crippen LogP contribution is 2.34. The van der Waals surface area contributed by atoms with Crippen LogP contribution in [0.4, 0.5) is 10.5 Å². The summed E-state index contributed by atoms with van der Waals surface area (Å²) in [4.78, 5) is 29.7. The van der Waals surface area contributed by atoms with Crippen LogP contribution in [-0.4, -0.2) is 65.5 Å². The van der Waals surface area contributed by atoms with Gasteiger partial charge < -0.3 is 14.9 Å². The van der Waals surface area contributed by atoms with E-state index >= 15 is 0 Å². The lowest BCUT2D eigenvalue weighted by Crippen LogP contribution is -2.65. The van der Waals surface area contributed by atoms with Crippen LogP contribution in [0, 0.1) is 0 Å². The Bertz CT molecular complexity index is 666. The lowest BCUT2D eigenvalue weighted by Gasteiger charge is -2.42. The third-order valence-electron chi connectivity index (χ3n) is 4.83. The van der Waals surface area contributed by atoms with Crippen LogP contribution in [0.1, 0.15) is 6.42 Å². The van der Waals surface area contributed by atoms with Gasteiger partial charge in [0.25, 0.3) is 0 Å². The quantitative estimate of drug-likeness (QED) is 0.657. The van der Waals surface area contributed by atoms with Crippen molar-refractivity contribution in [1.29, 1.82) is 0 Å². The second-order valence-electron chi connectivity index (χ2n) is 6.11. The largest absolute Gasteiger partial charge is 0.506 e. The molecule has 3 aliphatic rings. The summed E-state index contributed by atoms with van der Waals surface area (Å²) in [7, 11) is 1.68. The molecule has 3 N–H and O–H groups in total. The number of anilines is 1. The van der Waals surface area contributed by atoms with Gasteiger partial charge in [0, 0.05) is 20.1 Å². The molecule has 23 heavy (non-hydrogen) atoms. The summed E-state index contributed by atoms with van der Waals surface area (Å²) < 4.78 is 0. The lowest BCUT2D eigenvalue weighted by atomic mass is 10.1. The van der Waals surface area contributed by atoms with Gasteiger partial charge in [0.2, 0.25) is 5.91 Å². The van der Waals surface area contributed by atoms with Crippen molar-refractivity contribution in [3.8, 4) is 5.75 Å². The zero-order valence-corrected chi connectivity index (χ0v) is 12.8. The van der Waals surface area contributed by atoms with Crippen molar-refractivity contribution in [2.75, 3.05) is 25.0 Å². The Morgan fingerprint density at radius 2 is 2.00 bits per heavy atom. The second kappa shape index (κ2) is 5.10. The molecule has 0 spiro atoms. The smallest absolute Gasteiger partial charge is 0.325 e. The van der Waals surface area contributed by atoms with Crippen molar-refractivity contribution in [1.82, 2.24) is 20.4 Å². The minimum Gasteiger partial charge on any atom is -0.506 e. The van der Waals surface area contributed by atoms with Crippen LogP contribution in [0.25, 0.3) is 0 Å². The maximum absolute atomic E-state index is 12.3. The first kappa shape index (κ1) is 14.3. The van der Waals surface area contributed by atoms with Gasteiger partial charge in [-0.1, -0.05) is 12.1 Å². The molecule has 122 valence electrons. The summed E-state index contributed by atoms with van der Waals surface area (Å²) in [5.74, 6) is -0.0628. The standard InChI is InChI=1S/C15H19N5O3/c1-18-12-11(13(22)17-15(18)23)20-8-4-7-19(14(20)16-12)9-5-2-3-6-10(9)21/h2-3,5-6,11-12,14,16,21H,4,7-8H2,1H3,(H,17,22,23). The van der Waals surface area contributed by atoms with Crippen LogP contribution in [0.2, 0.25) is 0 Å². The zero-order chi connectivity index (χ0) is 16.1. The van der Waals surface area contributed by atoms with Crippen LogP contribution < -0.4 is 15.5 Å². The molecule has 1 aromatic carbocycles. The summed E-state index contributed by atoms with van der Waals surface area (Å²) in [6.45, 7) is 1.53. The van der Waals surface area contributed by atoms with Crippen LogP contribution in [0.15, 0.2) is 24.3 Å². The predicted octanol–water partition coefficient (Wildman–Crippen LogP) is -0.333. The van der Waals surface area contributed by atoms with Crippen LogP contribution in [0.5, 0.6) is 5.75 Å². The number of phenolic OH excluding ortho intramolecular Hbond substituents is 1.